The summed E-state index contributed by atoms with van der Waals surface area (Å²) in [4.78, 5) is 0. The molecule has 0 atom stereocenters. The Bertz CT molecular complexity index is 69.4. The smallest absolute Gasteiger partial charge is 0.266 e. The fourth-order valence-electron chi connectivity index (χ4n) is 0.684. The molecule has 46 valence electrons. The Morgan fingerprint density at radius 3 is 1.33 bits per heavy atom. The first kappa shape index (κ1) is 9.63. The Hall–Kier alpha value is 0.635. The number of hydrogen-bond acceptors (Lipinski definition) is 3. The predicted molar refractivity (Wildman–Crippen MR) is 54.4 cm³/mol. The van der Waals surface area contributed by atoms with Crippen molar-refractivity contribution in [2.45, 2.75) is 0 Å². The molecule has 0 unspecified atom stereocenters. The van der Waals surface area contributed by atoms with Crippen molar-refractivity contribution in [2.75, 3.05) is 0 Å². The molecule has 0 amide bonds. The molecule has 0 fully saturated rings. The summed E-state index contributed by atoms with van der Waals surface area (Å²) >= 11 is 0. The van der Waals surface area contributed by atoms with Crippen molar-refractivity contribution in [1.82, 2.24) is 8.98 Å². The molecule has 0 spiro atoms. The molecule has 9 heteroatoms. The number of rotatable bonds is 3. The van der Waals surface area contributed by atoms with Crippen LogP contribution < -0.4 is 0 Å². The lowest BCUT2D eigenvalue weighted by molar-refractivity contribution is 0.631. The fourth-order valence-corrected chi connectivity index (χ4v) is 2.05. The predicted octanol–water partition coefficient (Wildman–Crippen LogP) is -4.43. The molecule has 0 aromatic carbocycles. The van der Waals surface area contributed by atoms with Gasteiger partial charge in [0.25, 0.3) is 8.05 Å². The van der Waals surface area contributed by atoms with Crippen LogP contribution in [-0.2, 0) is 4.44 Å². The van der Waals surface area contributed by atoms with Gasteiger partial charge in [-0.3, -0.25) is 0 Å². The van der Waals surface area contributed by atoms with E-state index in [1.807, 2.05) is 31.9 Å². The molecule has 0 heterocycles. The van der Waals surface area contributed by atoms with Crippen LogP contribution in [0.2, 0.25) is 0 Å². The van der Waals surface area contributed by atoms with Crippen LogP contribution in [0, 0.1) is 0 Å². The second kappa shape index (κ2) is 4.45. The van der Waals surface area contributed by atoms with Crippen molar-refractivity contribution in [1.29, 1.82) is 0 Å². The van der Waals surface area contributed by atoms with E-state index in [0.29, 0.717) is 0 Å². The molecule has 0 aliphatic rings. The van der Waals surface area contributed by atoms with Crippen molar-refractivity contribution in [3.63, 3.8) is 0 Å². The second-order valence-electron chi connectivity index (χ2n) is 2.13. The number of nitrogens with zero attached hydrogens (tertiary/aromatic N) is 2. The Kier molecular flexibility index (Phi) is 4.76. The van der Waals surface area contributed by atoms with Gasteiger partial charge in [0.15, 0.2) is 31.9 Å². The van der Waals surface area contributed by atoms with E-state index in [-0.39, 0.29) is 0 Å². The van der Waals surface area contributed by atoms with Gasteiger partial charge in [0.2, 0.25) is 0 Å². The molecule has 0 bridgehead atoms. The Morgan fingerprint density at radius 2 is 1.33 bits per heavy atom. The zero-order chi connectivity index (χ0) is 7.44. The third kappa shape index (κ3) is 3.36. The maximum atomic E-state index is 5.19. The van der Waals surface area contributed by atoms with E-state index >= 15 is 0 Å². The van der Waals surface area contributed by atoms with Gasteiger partial charge < -0.3 is 13.4 Å². The second-order valence-corrected chi connectivity index (χ2v) is 4.60. The number of hydrogen-bond donors (Lipinski definition) is 0. The quantitative estimate of drug-likeness (QED) is 0.290. The van der Waals surface area contributed by atoms with Gasteiger partial charge in [0.05, 0.1) is 0 Å². The Labute approximate surface area is 62.6 Å². The average Bonchev–Trinajstić information content (AvgIpc) is 1.64. The summed E-state index contributed by atoms with van der Waals surface area (Å²) in [5.41, 5.74) is 0. The van der Waals surface area contributed by atoms with E-state index in [2.05, 4.69) is 8.98 Å². The molecule has 0 N–H and O–H groups in total. The molecule has 0 saturated carbocycles. The summed E-state index contributed by atoms with van der Waals surface area (Å²) in [6.45, 7) is 0. The minimum atomic E-state index is -0.510. The highest BCUT2D eigenvalue weighted by Crippen LogP contribution is 2.37. The van der Waals surface area contributed by atoms with Gasteiger partial charge in [-0.15, -0.1) is 0 Å². The van der Waals surface area contributed by atoms with Crippen molar-refractivity contribution in [2.24, 2.45) is 0 Å². The summed E-state index contributed by atoms with van der Waals surface area (Å²) in [5, 5.41) is 0. The summed E-state index contributed by atoms with van der Waals surface area (Å²) in [5.74, 6) is 0. The summed E-state index contributed by atoms with van der Waals surface area (Å²) in [6, 6.07) is 0. The van der Waals surface area contributed by atoms with Crippen molar-refractivity contribution in [3.8, 4) is 0 Å². The van der Waals surface area contributed by atoms with Gasteiger partial charge in [-0.2, -0.15) is 0 Å². The van der Waals surface area contributed by atoms with Crippen molar-refractivity contribution in [3.05, 3.63) is 0 Å². The van der Waals surface area contributed by atoms with Crippen LogP contribution in [0.1, 0.15) is 0 Å². The highest BCUT2D eigenvalue weighted by atomic mass is 31.2. The normalized spacial score (nSPS) is 11.4. The minimum absolute atomic E-state index is 0.510. The van der Waals surface area contributed by atoms with E-state index in [1.165, 1.54) is 0 Å². The third-order valence-electron chi connectivity index (χ3n) is 0.848. The minimum Gasteiger partial charge on any atom is -0.404 e. The van der Waals surface area contributed by atoms with Crippen LogP contribution in [0.5, 0.6) is 0 Å². The first-order valence-corrected chi connectivity index (χ1v) is 3.94. The van der Waals surface area contributed by atoms with Crippen LogP contribution in [0.15, 0.2) is 0 Å². The highest BCUT2D eigenvalue weighted by Gasteiger charge is 2.09. The zero-order valence-corrected chi connectivity index (χ0v) is 7.64. The third-order valence-corrected chi connectivity index (χ3v) is 2.54. The van der Waals surface area contributed by atoms with Crippen LogP contribution in [0.4, 0.5) is 0 Å². The lowest BCUT2D eigenvalue weighted by atomic mass is 10.3. The Balaban J connectivity index is 3.68. The molecule has 0 saturated heterocycles. The molecular formula is H10B5N2OP. The molecule has 0 aromatic rings. The van der Waals surface area contributed by atoms with Crippen molar-refractivity contribution < 1.29 is 4.44 Å². The van der Waals surface area contributed by atoms with E-state index in [1.54, 1.807) is 8.05 Å². The van der Waals surface area contributed by atoms with E-state index in [4.69, 9.17) is 4.44 Å². The van der Waals surface area contributed by atoms with Crippen molar-refractivity contribution >= 4 is 48.4 Å². The van der Waals surface area contributed by atoms with Crippen LogP contribution >= 0.6 is 8.45 Å². The van der Waals surface area contributed by atoms with E-state index in [9.17, 15) is 0 Å². The summed E-state index contributed by atoms with van der Waals surface area (Å²) in [6.07, 6.45) is 0. The van der Waals surface area contributed by atoms with Crippen LogP contribution in [0.3, 0.4) is 0 Å². The maximum absolute atomic E-state index is 5.19. The van der Waals surface area contributed by atoms with E-state index < -0.39 is 8.45 Å². The fraction of sp³-hybridized carbons (Fsp3) is 0. The lowest BCUT2D eigenvalue weighted by Gasteiger charge is -2.29. The summed E-state index contributed by atoms with van der Waals surface area (Å²) in [7, 11) is 9.25. The lowest BCUT2D eigenvalue weighted by Crippen LogP contribution is -2.22. The molecule has 9 heavy (non-hydrogen) atoms. The molecule has 0 radical (unpaired) electrons. The van der Waals surface area contributed by atoms with E-state index in [0.717, 1.165) is 0 Å². The van der Waals surface area contributed by atoms with Gasteiger partial charge in [0, 0.05) is 0 Å². The Morgan fingerprint density at radius 1 is 1.00 bits per heavy atom. The van der Waals surface area contributed by atoms with Gasteiger partial charge in [0.1, 0.15) is 8.45 Å². The monoisotopic (exact) mass is 140 g/mol. The maximum Gasteiger partial charge on any atom is 0.266 e. The molecular weight excluding hydrogens is 129 g/mol. The molecule has 3 nitrogen and oxygen atoms in total. The molecule has 0 aromatic heterocycles. The SMILES string of the molecule is BOP(N(B)B)N(B)B. The molecule has 0 aliphatic heterocycles. The highest BCUT2D eigenvalue weighted by molar-refractivity contribution is 7.53. The zero-order valence-electron chi connectivity index (χ0n) is 6.75. The van der Waals surface area contributed by atoms with Gasteiger partial charge in [-0.25, -0.2) is 0 Å². The summed E-state index contributed by atoms with van der Waals surface area (Å²) < 4.78 is 9.32. The molecule has 0 aliphatic carbocycles. The van der Waals surface area contributed by atoms with Gasteiger partial charge in [-0.05, 0) is 0 Å². The van der Waals surface area contributed by atoms with Gasteiger partial charge in [-0.1, -0.05) is 0 Å². The largest absolute Gasteiger partial charge is 0.404 e. The first-order valence-electron chi connectivity index (χ1n) is 2.78. The average molecular weight is 139 g/mol. The van der Waals surface area contributed by atoms with Crippen LogP contribution in [-0.4, -0.2) is 49.0 Å². The standard InChI is InChI=1S/B5H10N2OP/c1-6(2)9(8-5)7(3)4/h1-5H2. The van der Waals surface area contributed by atoms with Crippen LogP contribution in [0.25, 0.3) is 0 Å². The molecule has 0 rings (SSSR count). The topological polar surface area (TPSA) is 15.7 Å². The van der Waals surface area contributed by atoms with Gasteiger partial charge >= 0.3 is 0 Å². The first-order chi connectivity index (χ1) is 4.09.